The van der Waals surface area contributed by atoms with E-state index in [1.807, 2.05) is 0 Å². The summed E-state index contributed by atoms with van der Waals surface area (Å²) in [5, 5.41) is 10.6. The normalized spacial score (nSPS) is 14.3. The summed E-state index contributed by atoms with van der Waals surface area (Å²) in [5.41, 5.74) is 0. The van der Waals surface area contributed by atoms with E-state index in [9.17, 15) is 43.2 Å². The number of unbranched alkanes of at least 4 members (excludes halogenated alkanes) is 35. The number of esters is 4. The van der Waals surface area contributed by atoms with Crippen LogP contribution in [0.2, 0.25) is 0 Å². The van der Waals surface area contributed by atoms with Gasteiger partial charge in [0.2, 0.25) is 0 Å². The Kier molecular flexibility index (Phi) is 70.8. The van der Waals surface area contributed by atoms with Gasteiger partial charge >= 0.3 is 39.5 Å². The molecule has 0 rings (SSSR count). The molecule has 0 aromatic carbocycles. The van der Waals surface area contributed by atoms with Gasteiger partial charge in [-0.25, -0.2) is 9.13 Å². The molecule has 0 saturated heterocycles. The largest absolute Gasteiger partial charge is 0.472 e. The van der Waals surface area contributed by atoms with Crippen LogP contribution in [-0.2, 0) is 65.4 Å². The van der Waals surface area contributed by atoms with E-state index >= 15 is 0 Å². The van der Waals surface area contributed by atoms with Crippen molar-refractivity contribution < 1.29 is 80.2 Å². The molecule has 0 aromatic rings. The maximum absolute atomic E-state index is 13.1. The molecule has 0 spiro atoms. The molecule has 5 atom stereocenters. The molecule has 100 heavy (non-hydrogen) atoms. The number of hydrogen-bond acceptors (Lipinski definition) is 15. The fourth-order valence-electron chi connectivity index (χ4n) is 10.7. The molecule has 0 aliphatic carbocycles. The van der Waals surface area contributed by atoms with Crippen molar-refractivity contribution in [3.8, 4) is 0 Å². The minimum Gasteiger partial charge on any atom is -0.462 e. The minimum atomic E-state index is -4.98. The lowest BCUT2D eigenvalue weighted by atomic mass is 10.0. The van der Waals surface area contributed by atoms with Crippen molar-refractivity contribution in [3.05, 3.63) is 85.1 Å². The van der Waals surface area contributed by atoms with Gasteiger partial charge in [0.25, 0.3) is 0 Å². The molecule has 0 fully saturated rings. The summed E-state index contributed by atoms with van der Waals surface area (Å²) in [6, 6.07) is 0. The van der Waals surface area contributed by atoms with Crippen LogP contribution in [0, 0.1) is 0 Å². The van der Waals surface area contributed by atoms with Gasteiger partial charge in [0.05, 0.1) is 26.4 Å². The number of hydrogen-bond donors (Lipinski definition) is 3. The molecule has 0 saturated carbocycles. The maximum atomic E-state index is 13.1. The zero-order chi connectivity index (χ0) is 73.2. The zero-order valence-electron chi connectivity index (χ0n) is 63.4. The average Bonchev–Trinajstić information content (AvgIpc) is 0.929. The van der Waals surface area contributed by atoms with Crippen LogP contribution in [0.3, 0.4) is 0 Å². The Balaban J connectivity index is 5.33. The summed E-state index contributed by atoms with van der Waals surface area (Å²) in [6.45, 7) is 4.76. The lowest BCUT2D eigenvalue weighted by Crippen LogP contribution is -2.30. The molecule has 0 bridgehead atoms. The molecule has 17 nitrogen and oxygen atoms in total. The molecule has 0 aliphatic heterocycles. The number of allylic oxidation sites excluding steroid dienone is 14. The molecule has 0 radical (unpaired) electrons. The summed E-state index contributed by atoms with van der Waals surface area (Å²) >= 11 is 0. The van der Waals surface area contributed by atoms with Gasteiger partial charge in [0.15, 0.2) is 12.2 Å². The molecule has 0 heterocycles. The highest BCUT2D eigenvalue weighted by atomic mass is 31.2. The van der Waals surface area contributed by atoms with Crippen LogP contribution in [0.4, 0.5) is 0 Å². The van der Waals surface area contributed by atoms with E-state index in [0.717, 1.165) is 180 Å². The molecule has 0 amide bonds. The van der Waals surface area contributed by atoms with Crippen LogP contribution >= 0.6 is 15.6 Å². The topological polar surface area (TPSA) is 237 Å². The van der Waals surface area contributed by atoms with Crippen molar-refractivity contribution in [1.29, 1.82) is 0 Å². The van der Waals surface area contributed by atoms with Crippen LogP contribution in [0.5, 0.6) is 0 Å². The van der Waals surface area contributed by atoms with Crippen LogP contribution in [0.15, 0.2) is 85.1 Å². The van der Waals surface area contributed by atoms with Gasteiger partial charge in [-0.3, -0.25) is 37.3 Å². The van der Waals surface area contributed by atoms with Gasteiger partial charge in [-0.2, -0.15) is 0 Å². The van der Waals surface area contributed by atoms with Crippen LogP contribution in [0.25, 0.3) is 0 Å². The van der Waals surface area contributed by atoms with E-state index in [4.69, 9.17) is 37.0 Å². The molecule has 580 valence electrons. The van der Waals surface area contributed by atoms with Crippen LogP contribution in [-0.4, -0.2) is 96.7 Å². The number of phosphoric acid groups is 2. The quantitative estimate of drug-likeness (QED) is 0.0169. The Morgan fingerprint density at radius 1 is 0.280 bits per heavy atom. The van der Waals surface area contributed by atoms with E-state index < -0.39 is 97.5 Å². The number of aliphatic hydroxyl groups is 1. The summed E-state index contributed by atoms with van der Waals surface area (Å²) in [7, 11) is -9.95. The van der Waals surface area contributed by atoms with Crippen LogP contribution < -0.4 is 0 Å². The fourth-order valence-corrected chi connectivity index (χ4v) is 12.3. The first-order chi connectivity index (χ1) is 48.7. The summed E-state index contributed by atoms with van der Waals surface area (Å²) in [6.07, 6.45) is 75.6. The van der Waals surface area contributed by atoms with Gasteiger partial charge in [0, 0.05) is 25.7 Å². The van der Waals surface area contributed by atoms with Crippen molar-refractivity contribution in [2.75, 3.05) is 39.6 Å². The third-order valence-electron chi connectivity index (χ3n) is 16.8. The Bertz CT molecular complexity index is 2230. The number of aliphatic hydroxyl groups excluding tert-OH is 1. The van der Waals surface area contributed by atoms with Crippen molar-refractivity contribution in [2.45, 2.75) is 367 Å². The van der Waals surface area contributed by atoms with Gasteiger partial charge in [-0.1, -0.05) is 286 Å². The predicted octanol–water partition coefficient (Wildman–Crippen LogP) is 23.0. The van der Waals surface area contributed by atoms with E-state index in [1.165, 1.54) is 89.9 Å². The second-order valence-electron chi connectivity index (χ2n) is 26.7. The third-order valence-corrected chi connectivity index (χ3v) is 18.7. The van der Waals surface area contributed by atoms with E-state index in [2.05, 4.69) is 113 Å². The first-order valence-electron chi connectivity index (χ1n) is 39.8. The zero-order valence-corrected chi connectivity index (χ0v) is 65.2. The summed E-state index contributed by atoms with van der Waals surface area (Å²) in [5.74, 6) is -2.20. The Hall–Kier alpha value is -3.76. The standard InChI is InChI=1S/C81H144O17P2/c1-5-9-13-17-21-25-29-33-35-36-37-38-40-44-46-50-54-58-62-66-79(84)92-72-77(98-81(86)68-64-60-56-52-48-42-32-28-24-20-16-12-8-4)74-96-100(89,90)94-70-75(82)69-93-99(87,88)95-73-76(97-80(85)67-63-59-55-51-47-41-31-27-23-19-15-11-7-3)71-91-78(83)65-61-57-53-49-45-43-39-34-30-26-22-18-14-10-6-2/h15,19,21-22,25-27,31,33-35,37-39,75-77,82H,5-14,16-18,20,23-24,28-30,32,36,40-74H2,1-4H3,(H,87,88)(H,89,90)/b19-15-,25-21-,26-22-,31-27-,35-33-,38-37-,39-34-. The van der Waals surface area contributed by atoms with E-state index in [1.54, 1.807) is 0 Å². The highest BCUT2D eigenvalue weighted by Gasteiger charge is 2.30. The van der Waals surface area contributed by atoms with E-state index in [-0.39, 0.29) is 25.7 Å². The number of rotatable bonds is 75. The molecular formula is C81H144O17P2. The molecule has 0 aromatic heterocycles. The monoisotopic (exact) mass is 1450 g/mol. The van der Waals surface area contributed by atoms with E-state index in [0.29, 0.717) is 25.7 Å². The van der Waals surface area contributed by atoms with Gasteiger partial charge in [-0.05, 0) is 122 Å². The van der Waals surface area contributed by atoms with Crippen molar-refractivity contribution in [1.82, 2.24) is 0 Å². The second-order valence-corrected chi connectivity index (χ2v) is 29.6. The smallest absolute Gasteiger partial charge is 0.462 e. The Morgan fingerprint density at radius 2 is 0.510 bits per heavy atom. The molecule has 0 aliphatic rings. The number of carbonyl (C=O) groups excluding carboxylic acids is 4. The second kappa shape index (κ2) is 73.5. The van der Waals surface area contributed by atoms with Crippen molar-refractivity contribution >= 4 is 39.5 Å². The SMILES string of the molecule is CCC/C=C\C/C=C\CCCCCCCC(=O)OC(COC(=O)CCCCCCC/C=C\C/C=C\CCCCC)COP(=O)(O)OCC(O)COP(=O)(O)OCC(COC(=O)CCCCCCCC/C=C\C/C=C\C/C=C\CCCCC)OC(=O)CCCCCCCCCCCCCCC. The van der Waals surface area contributed by atoms with Gasteiger partial charge in [-0.15, -0.1) is 0 Å². The van der Waals surface area contributed by atoms with Crippen LogP contribution in [0.1, 0.15) is 349 Å². The van der Waals surface area contributed by atoms with Crippen molar-refractivity contribution in [2.24, 2.45) is 0 Å². The summed E-state index contributed by atoms with van der Waals surface area (Å²) in [4.78, 5) is 72.9. The lowest BCUT2D eigenvalue weighted by molar-refractivity contribution is -0.161. The first-order valence-corrected chi connectivity index (χ1v) is 42.8. The Labute approximate surface area is 608 Å². The number of carbonyl (C=O) groups is 4. The highest BCUT2D eigenvalue weighted by molar-refractivity contribution is 7.47. The van der Waals surface area contributed by atoms with Crippen molar-refractivity contribution in [3.63, 3.8) is 0 Å². The third kappa shape index (κ3) is 72.6. The summed E-state index contributed by atoms with van der Waals surface area (Å²) < 4.78 is 68.5. The molecule has 19 heteroatoms. The Morgan fingerprint density at radius 3 is 0.810 bits per heavy atom. The van der Waals surface area contributed by atoms with Gasteiger partial charge < -0.3 is 33.8 Å². The number of phosphoric ester groups is 2. The first kappa shape index (κ1) is 96.2. The minimum absolute atomic E-state index is 0.0771. The molecule has 3 N–H and O–H groups in total. The average molecular weight is 1450 g/mol. The van der Waals surface area contributed by atoms with Gasteiger partial charge in [0.1, 0.15) is 19.3 Å². The maximum Gasteiger partial charge on any atom is 0.472 e. The molecule has 5 unspecified atom stereocenters. The predicted molar refractivity (Wildman–Crippen MR) is 409 cm³/mol. The highest BCUT2D eigenvalue weighted by Crippen LogP contribution is 2.45. The number of ether oxygens (including phenoxy) is 4. The fraction of sp³-hybridized carbons (Fsp3) is 0.778. The lowest BCUT2D eigenvalue weighted by Gasteiger charge is -2.21. The molecular weight excluding hydrogens is 1310 g/mol.